The van der Waals surface area contributed by atoms with Crippen molar-refractivity contribution >= 4 is 0 Å². The second-order valence-electron chi connectivity index (χ2n) is 2.28. The predicted molar refractivity (Wildman–Crippen MR) is 39.1 cm³/mol. The highest BCUT2D eigenvalue weighted by Gasteiger charge is 2.00. The molecule has 0 fully saturated rings. The average molecular weight is 157 g/mol. The molecule has 0 radical (unpaired) electrons. The minimum Gasteiger partial charge on any atom is -0.316 e. The Hall–Kier alpha value is -0.960. The van der Waals surface area contributed by atoms with E-state index in [0.717, 1.165) is 11.6 Å². The standard InChI is InChI=1S/C8H9F2N/c1-11-5-6-2-3-7(9)8(10)4-6/h2-4,11H,5H2,1H3. The van der Waals surface area contributed by atoms with Gasteiger partial charge in [-0.25, -0.2) is 8.78 Å². The zero-order valence-electron chi connectivity index (χ0n) is 6.20. The van der Waals surface area contributed by atoms with Gasteiger partial charge in [-0.1, -0.05) is 6.07 Å². The molecule has 0 saturated carbocycles. The maximum Gasteiger partial charge on any atom is 0.159 e. The highest BCUT2D eigenvalue weighted by atomic mass is 19.2. The van der Waals surface area contributed by atoms with Gasteiger partial charge in [0.1, 0.15) is 0 Å². The van der Waals surface area contributed by atoms with Gasteiger partial charge in [-0.3, -0.25) is 0 Å². The third-order valence-electron chi connectivity index (χ3n) is 1.36. The van der Waals surface area contributed by atoms with Gasteiger partial charge in [0.15, 0.2) is 11.6 Å². The molecule has 0 bridgehead atoms. The Bertz CT molecular complexity index is 248. The third-order valence-corrected chi connectivity index (χ3v) is 1.36. The van der Waals surface area contributed by atoms with Crippen LogP contribution in [-0.2, 0) is 6.54 Å². The van der Waals surface area contributed by atoms with Crippen LogP contribution in [0.5, 0.6) is 0 Å². The van der Waals surface area contributed by atoms with Gasteiger partial charge in [-0.05, 0) is 24.7 Å². The molecule has 0 heterocycles. The summed E-state index contributed by atoms with van der Waals surface area (Å²) in [6.45, 7) is 0.553. The highest BCUT2D eigenvalue weighted by Crippen LogP contribution is 2.07. The van der Waals surface area contributed by atoms with E-state index in [0.29, 0.717) is 6.54 Å². The van der Waals surface area contributed by atoms with Gasteiger partial charge in [0, 0.05) is 6.54 Å². The first-order valence-electron chi connectivity index (χ1n) is 3.32. The molecule has 3 heteroatoms. The molecule has 60 valence electrons. The molecule has 0 spiro atoms. The van der Waals surface area contributed by atoms with Crippen LogP contribution in [0.3, 0.4) is 0 Å². The Labute approximate surface area is 64.0 Å². The normalized spacial score (nSPS) is 10.1. The van der Waals surface area contributed by atoms with E-state index in [2.05, 4.69) is 5.32 Å². The van der Waals surface area contributed by atoms with Gasteiger partial charge in [-0.2, -0.15) is 0 Å². The fourth-order valence-corrected chi connectivity index (χ4v) is 0.854. The van der Waals surface area contributed by atoms with Crippen molar-refractivity contribution in [1.82, 2.24) is 5.32 Å². The average Bonchev–Trinajstić information content (AvgIpc) is 1.98. The molecular formula is C8H9F2N. The molecule has 0 aliphatic heterocycles. The second kappa shape index (κ2) is 3.44. The molecular weight excluding hydrogens is 148 g/mol. The monoisotopic (exact) mass is 157 g/mol. The molecule has 0 aliphatic rings. The molecule has 0 amide bonds. The van der Waals surface area contributed by atoms with E-state index in [4.69, 9.17) is 0 Å². The first-order valence-corrected chi connectivity index (χ1v) is 3.32. The van der Waals surface area contributed by atoms with E-state index < -0.39 is 11.6 Å². The van der Waals surface area contributed by atoms with Crippen LogP contribution >= 0.6 is 0 Å². The van der Waals surface area contributed by atoms with E-state index in [1.54, 1.807) is 13.1 Å². The van der Waals surface area contributed by atoms with E-state index in [9.17, 15) is 8.78 Å². The van der Waals surface area contributed by atoms with Crippen molar-refractivity contribution in [3.05, 3.63) is 35.4 Å². The Morgan fingerprint density at radius 2 is 2.00 bits per heavy atom. The SMILES string of the molecule is CNCc1ccc(F)c(F)c1. The van der Waals surface area contributed by atoms with E-state index in [-0.39, 0.29) is 0 Å². The van der Waals surface area contributed by atoms with Crippen LogP contribution in [0.1, 0.15) is 5.56 Å². The molecule has 0 unspecified atom stereocenters. The summed E-state index contributed by atoms with van der Waals surface area (Å²) in [4.78, 5) is 0. The van der Waals surface area contributed by atoms with E-state index in [1.165, 1.54) is 6.07 Å². The van der Waals surface area contributed by atoms with Crippen molar-refractivity contribution in [3.8, 4) is 0 Å². The molecule has 11 heavy (non-hydrogen) atoms. The summed E-state index contributed by atoms with van der Waals surface area (Å²) < 4.78 is 24.8. The van der Waals surface area contributed by atoms with Crippen molar-refractivity contribution in [3.63, 3.8) is 0 Å². The lowest BCUT2D eigenvalue weighted by atomic mass is 10.2. The van der Waals surface area contributed by atoms with Crippen molar-refractivity contribution < 1.29 is 8.78 Å². The molecule has 1 rings (SSSR count). The lowest BCUT2D eigenvalue weighted by molar-refractivity contribution is 0.506. The molecule has 1 N–H and O–H groups in total. The number of hydrogen-bond acceptors (Lipinski definition) is 1. The summed E-state index contributed by atoms with van der Waals surface area (Å²) in [7, 11) is 1.75. The van der Waals surface area contributed by atoms with Crippen molar-refractivity contribution in [2.75, 3.05) is 7.05 Å². The first-order chi connectivity index (χ1) is 5.24. The number of nitrogens with one attached hydrogen (secondary N) is 1. The second-order valence-corrected chi connectivity index (χ2v) is 2.28. The summed E-state index contributed by atoms with van der Waals surface area (Å²) in [5.41, 5.74) is 0.742. The van der Waals surface area contributed by atoms with Gasteiger partial charge in [0.25, 0.3) is 0 Å². The first kappa shape index (κ1) is 8.14. The summed E-state index contributed by atoms with van der Waals surface area (Å²) in [6, 6.07) is 3.86. The largest absolute Gasteiger partial charge is 0.316 e. The number of halogens is 2. The third kappa shape index (κ3) is 1.98. The molecule has 0 aromatic heterocycles. The molecule has 1 aromatic carbocycles. The Balaban J connectivity index is 2.86. The fraction of sp³-hybridized carbons (Fsp3) is 0.250. The Kier molecular flexibility index (Phi) is 2.54. The maximum atomic E-state index is 12.5. The maximum absolute atomic E-state index is 12.5. The Morgan fingerprint density at radius 1 is 1.27 bits per heavy atom. The van der Waals surface area contributed by atoms with Crippen molar-refractivity contribution in [2.24, 2.45) is 0 Å². The molecule has 0 saturated heterocycles. The van der Waals surface area contributed by atoms with E-state index in [1.807, 2.05) is 0 Å². The minimum atomic E-state index is -0.801. The zero-order chi connectivity index (χ0) is 8.27. The quantitative estimate of drug-likeness (QED) is 0.688. The molecule has 0 atom stereocenters. The lowest BCUT2D eigenvalue weighted by Crippen LogP contribution is -2.05. The van der Waals surface area contributed by atoms with Crippen LogP contribution in [0.15, 0.2) is 18.2 Å². The molecule has 0 aliphatic carbocycles. The van der Waals surface area contributed by atoms with Gasteiger partial charge in [-0.15, -0.1) is 0 Å². The summed E-state index contributed by atoms with van der Waals surface area (Å²) in [6.07, 6.45) is 0. The van der Waals surface area contributed by atoms with Crippen LogP contribution < -0.4 is 5.32 Å². The van der Waals surface area contributed by atoms with Gasteiger partial charge in [0.2, 0.25) is 0 Å². The van der Waals surface area contributed by atoms with Gasteiger partial charge >= 0.3 is 0 Å². The summed E-state index contributed by atoms with van der Waals surface area (Å²) >= 11 is 0. The minimum absolute atomic E-state index is 0.553. The summed E-state index contributed by atoms with van der Waals surface area (Å²) in [5, 5.41) is 2.84. The highest BCUT2D eigenvalue weighted by molar-refractivity contribution is 5.17. The van der Waals surface area contributed by atoms with Crippen molar-refractivity contribution in [2.45, 2.75) is 6.54 Å². The topological polar surface area (TPSA) is 12.0 Å². The summed E-state index contributed by atoms with van der Waals surface area (Å²) in [5.74, 6) is -1.59. The number of rotatable bonds is 2. The smallest absolute Gasteiger partial charge is 0.159 e. The van der Waals surface area contributed by atoms with Crippen LogP contribution in [0.2, 0.25) is 0 Å². The Morgan fingerprint density at radius 3 is 2.55 bits per heavy atom. The zero-order valence-corrected chi connectivity index (χ0v) is 6.20. The molecule has 1 nitrogen and oxygen atoms in total. The van der Waals surface area contributed by atoms with Gasteiger partial charge in [0.05, 0.1) is 0 Å². The van der Waals surface area contributed by atoms with E-state index >= 15 is 0 Å². The predicted octanol–water partition coefficient (Wildman–Crippen LogP) is 1.68. The molecule has 1 aromatic rings. The van der Waals surface area contributed by atoms with Crippen molar-refractivity contribution in [1.29, 1.82) is 0 Å². The van der Waals surface area contributed by atoms with Crippen LogP contribution in [0.4, 0.5) is 8.78 Å². The van der Waals surface area contributed by atoms with Crippen LogP contribution in [-0.4, -0.2) is 7.05 Å². The fourth-order valence-electron chi connectivity index (χ4n) is 0.854. The lowest BCUT2D eigenvalue weighted by Gasteiger charge is -1.99. The van der Waals surface area contributed by atoms with Crippen LogP contribution in [0.25, 0.3) is 0 Å². The number of hydrogen-bond donors (Lipinski definition) is 1. The van der Waals surface area contributed by atoms with Gasteiger partial charge < -0.3 is 5.32 Å². The van der Waals surface area contributed by atoms with Crippen LogP contribution in [0, 0.1) is 11.6 Å². The number of benzene rings is 1.